The number of nitrogens with zero attached hydrogens (tertiary/aromatic N) is 2. The van der Waals surface area contributed by atoms with Crippen LogP contribution in [0.15, 0.2) is 102 Å². The van der Waals surface area contributed by atoms with E-state index in [2.05, 4.69) is 51.1 Å². The maximum absolute atomic E-state index is 14.5. The molecule has 0 aromatic heterocycles. The molecule has 0 fully saturated rings. The molecular weight excluding hydrogens is 504 g/mol. The smallest absolute Gasteiger partial charge is 0.261 e. The van der Waals surface area contributed by atoms with Crippen LogP contribution in [0, 0.1) is 34.6 Å². The Morgan fingerprint density at radius 3 is 1.37 bits per heavy atom. The average molecular weight is 539 g/mol. The molecule has 0 bridgehead atoms. The average Bonchev–Trinajstić information content (AvgIpc) is 3.36. The monoisotopic (exact) mass is 538 g/mol. The van der Waals surface area contributed by atoms with Gasteiger partial charge in [-0.05, 0) is 56.9 Å². The largest absolute Gasteiger partial charge is 0.302 e. The third-order valence-electron chi connectivity index (χ3n) is 7.88. The van der Waals surface area contributed by atoms with Crippen LogP contribution in [0.3, 0.4) is 0 Å². The minimum atomic E-state index is -0.135. The Morgan fingerprint density at radius 2 is 0.902 bits per heavy atom. The van der Waals surface area contributed by atoms with E-state index in [1.807, 2.05) is 74.5 Å². The minimum absolute atomic E-state index is 0.134. The van der Waals surface area contributed by atoms with Gasteiger partial charge in [-0.2, -0.15) is 0 Å². The molecule has 2 aliphatic heterocycles. The lowest BCUT2D eigenvalue weighted by molar-refractivity contribution is -0.124. The summed E-state index contributed by atoms with van der Waals surface area (Å²) in [5.74, 6) is -0.269. The van der Waals surface area contributed by atoms with Gasteiger partial charge in [0.2, 0.25) is 0 Å². The standard InChI is InChI=1S/C37H34N2O2/c1-23-9-13-30(14-10-23)34-32-33(36(40)38(34)21-28-8-6-7-25(3)18-28)35(31-15-11-24(2)12-16-31)39(37(32)41)22-29-19-26(4)17-27(5)20-29/h6-20H,21-22H2,1-5H3. The summed E-state index contributed by atoms with van der Waals surface area (Å²) in [6.07, 6.45) is 0. The van der Waals surface area contributed by atoms with Crippen molar-refractivity contribution in [1.29, 1.82) is 0 Å². The van der Waals surface area contributed by atoms with Crippen LogP contribution >= 0.6 is 0 Å². The lowest BCUT2D eigenvalue weighted by Gasteiger charge is -2.26. The molecule has 204 valence electrons. The van der Waals surface area contributed by atoms with Crippen LogP contribution in [-0.4, -0.2) is 21.6 Å². The molecule has 4 aromatic rings. The molecule has 0 spiro atoms. The van der Waals surface area contributed by atoms with Gasteiger partial charge in [0.05, 0.1) is 35.6 Å². The van der Waals surface area contributed by atoms with Crippen molar-refractivity contribution in [3.8, 4) is 0 Å². The van der Waals surface area contributed by atoms with Gasteiger partial charge in [-0.3, -0.25) is 9.59 Å². The van der Waals surface area contributed by atoms with Crippen molar-refractivity contribution in [2.24, 2.45) is 0 Å². The molecule has 0 unspecified atom stereocenters. The molecule has 4 aromatic carbocycles. The predicted molar refractivity (Wildman–Crippen MR) is 164 cm³/mol. The fraction of sp³-hybridized carbons (Fsp3) is 0.189. The van der Waals surface area contributed by atoms with Crippen LogP contribution in [0.4, 0.5) is 0 Å². The predicted octanol–water partition coefficient (Wildman–Crippen LogP) is 7.44. The summed E-state index contributed by atoms with van der Waals surface area (Å²) in [4.78, 5) is 32.6. The van der Waals surface area contributed by atoms with E-state index in [1.54, 1.807) is 9.80 Å². The van der Waals surface area contributed by atoms with E-state index < -0.39 is 0 Å². The van der Waals surface area contributed by atoms with Crippen molar-refractivity contribution in [2.45, 2.75) is 47.7 Å². The van der Waals surface area contributed by atoms with Crippen LogP contribution in [0.2, 0.25) is 0 Å². The highest BCUT2D eigenvalue weighted by molar-refractivity contribution is 6.30. The van der Waals surface area contributed by atoms with E-state index in [4.69, 9.17) is 0 Å². The summed E-state index contributed by atoms with van der Waals surface area (Å²) in [7, 11) is 0. The SMILES string of the molecule is Cc1ccc(C2=C3C(=O)N(Cc4cc(C)cc(C)c4)C(c4ccc(C)cc4)=C3C(=O)N2Cc2cccc(C)c2)cc1. The normalized spacial score (nSPS) is 15.0. The van der Waals surface area contributed by atoms with Crippen LogP contribution in [0.5, 0.6) is 0 Å². The summed E-state index contributed by atoms with van der Waals surface area (Å²) in [6.45, 7) is 11.1. The highest BCUT2D eigenvalue weighted by Gasteiger charge is 2.48. The maximum atomic E-state index is 14.5. The molecule has 4 heteroatoms. The Morgan fingerprint density at radius 1 is 0.463 bits per heavy atom. The first kappa shape index (κ1) is 26.5. The number of hydrogen-bond donors (Lipinski definition) is 0. The number of carbonyl (C=O) groups is 2. The Hall–Kier alpha value is -4.70. The van der Waals surface area contributed by atoms with Gasteiger partial charge in [-0.1, -0.05) is 119 Å². The summed E-state index contributed by atoms with van der Waals surface area (Å²) in [6, 6.07) is 30.8. The molecule has 0 N–H and O–H groups in total. The molecule has 0 radical (unpaired) electrons. The van der Waals surface area contributed by atoms with Gasteiger partial charge >= 0.3 is 0 Å². The van der Waals surface area contributed by atoms with Gasteiger partial charge in [0.25, 0.3) is 11.8 Å². The number of rotatable bonds is 6. The second kappa shape index (κ2) is 10.4. The summed E-state index contributed by atoms with van der Waals surface area (Å²) < 4.78 is 0. The lowest BCUT2D eigenvalue weighted by Crippen LogP contribution is -2.29. The van der Waals surface area contributed by atoms with E-state index >= 15 is 0 Å². The molecule has 2 amide bonds. The molecule has 4 nitrogen and oxygen atoms in total. The quantitative estimate of drug-likeness (QED) is 0.256. The van der Waals surface area contributed by atoms with E-state index in [-0.39, 0.29) is 11.8 Å². The molecule has 41 heavy (non-hydrogen) atoms. The number of hydrogen-bond acceptors (Lipinski definition) is 2. The number of carbonyl (C=O) groups excluding carboxylic acids is 2. The third kappa shape index (κ3) is 4.91. The molecule has 0 saturated carbocycles. The van der Waals surface area contributed by atoms with Gasteiger partial charge < -0.3 is 9.80 Å². The van der Waals surface area contributed by atoms with Gasteiger partial charge in [0, 0.05) is 0 Å². The molecule has 2 aliphatic rings. The van der Waals surface area contributed by atoms with Crippen molar-refractivity contribution in [1.82, 2.24) is 9.80 Å². The molecule has 2 heterocycles. The van der Waals surface area contributed by atoms with E-state index in [1.165, 1.54) is 0 Å². The van der Waals surface area contributed by atoms with Crippen molar-refractivity contribution in [3.63, 3.8) is 0 Å². The number of benzene rings is 4. The van der Waals surface area contributed by atoms with Gasteiger partial charge in [-0.15, -0.1) is 0 Å². The zero-order chi connectivity index (χ0) is 28.8. The molecule has 6 rings (SSSR count). The Bertz CT molecular complexity index is 1740. The van der Waals surface area contributed by atoms with E-state index in [9.17, 15) is 9.59 Å². The zero-order valence-electron chi connectivity index (χ0n) is 24.3. The van der Waals surface area contributed by atoms with Crippen LogP contribution < -0.4 is 0 Å². The van der Waals surface area contributed by atoms with Gasteiger partial charge in [-0.25, -0.2) is 0 Å². The first-order valence-corrected chi connectivity index (χ1v) is 14.1. The second-order valence-electron chi connectivity index (χ2n) is 11.4. The van der Waals surface area contributed by atoms with Crippen LogP contribution in [-0.2, 0) is 22.7 Å². The topological polar surface area (TPSA) is 40.6 Å². The second-order valence-corrected chi connectivity index (χ2v) is 11.4. The summed E-state index contributed by atoms with van der Waals surface area (Å²) in [5, 5.41) is 0. The molecule has 0 saturated heterocycles. The maximum Gasteiger partial charge on any atom is 0.261 e. The lowest BCUT2D eigenvalue weighted by atomic mass is 10.0. The minimum Gasteiger partial charge on any atom is -0.302 e. The van der Waals surface area contributed by atoms with Gasteiger partial charge in [0.15, 0.2) is 0 Å². The first-order valence-electron chi connectivity index (χ1n) is 14.1. The fourth-order valence-electron chi connectivity index (χ4n) is 6.06. The number of amides is 2. The van der Waals surface area contributed by atoms with Crippen molar-refractivity contribution >= 4 is 23.2 Å². The fourth-order valence-corrected chi connectivity index (χ4v) is 6.06. The van der Waals surface area contributed by atoms with Crippen LogP contribution in [0.25, 0.3) is 11.4 Å². The van der Waals surface area contributed by atoms with Crippen molar-refractivity contribution < 1.29 is 9.59 Å². The van der Waals surface area contributed by atoms with E-state index in [0.717, 1.165) is 50.1 Å². The first-order chi connectivity index (χ1) is 19.7. The number of fused-ring (bicyclic) bond motifs is 1. The summed E-state index contributed by atoms with van der Waals surface area (Å²) >= 11 is 0. The highest BCUT2D eigenvalue weighted by Crippen LogP contribution is 2.47. The molecule has 0 aliphatic carbocycles. The molecular formula is C37H34N2O2. The Balaban J connectivity index is 1.57. The molecule has 0 atom stereocenters. The van der Waals surface area contributed by atoms with Gasteiger partial charge in [0.1, 0.15) is 0 Å². The van der Waals surface area contributed by atoms with Crippen molar-refractivity contribution in [2.75, 3.05) is 0 Å². The Kier molecular flexibility index (Phi) is 6.70. The van der Waals surface area contributed by atoms with Crippen LogP contribution in [0.1, 0.15) is 50.1 Å². The van der Waals surface area contributed by atoms with E-state index in [0.29, 0.717) is 35.6 Å². The third-order valence-corrected chi connectivity index (χ3v) is 7.88. The summed E-state index contributed by atoms with van der Waals surface area (Å²) in [5.41, 5.74) is 11.8. The Labute approximate surface area is 242 Å². The zero-order valence-corrected chi connectivity index (χ0v) is 24.3. The van der Waals surface area contributed by atoms with Crippen molar-refractivity contribution in [3.05, 3.63) is 152 Å². The number of aryl methyl sites for hydroxylation is 5. The highest BCUT2D eigenvalue weighted by atomic mass is 16.2.